The first-order valence-corrected chi connectivity index (χ1v) is 8.68. The number of methoxy groups -OCH3 is 2. The predicted molar refractivity (Wildman–Crippen MR) is 105 cm³/mol. The lowest BCUT2D eigenvalue weighted by atomic mass is 10.2. The molecule has 0 bridgehead atoms. The average molecular weight is 399 g/mol. The molecule has 0 fully saturated rings. The molecule has 150 valence electrons. The Morgan fingerprint density at radius 3 is 2.41 bits per heavy atom. The van der Waals surface area contributed by atoms with Gasteiger partial charge in [0.2, 0.25) is 0 Å². The Morgan fingerprint density at radius 2 is 1.72 bits per heavy atom. The summed E-state index contributed by atoms with van der Waals surface area (Å²) in [6.07, 6.45) is 1.43. The minimum Gasteiger partial charge on any atom is -0.493 e. The van der Waals surface area contributed by atoms with Gasteiger partial charge in [-0.15, -0.1) is 0 Å². The van der Waals surface area contributed by atoms with E-state index in [0.717, 1.165) is 17.7 Å². The predicted octanol–water partition coefficient (Wildman–Crippen LogP) is 4.24. The Bertz CT molecular complexity index is 1010. The van der Waals surface area contributed by atoms with Crippen molar-refractivity contribution in [2.75, 3.05) is 24.9 Å². The molecule has 0 unspecified atom stereocenters. The molecule has 8 heteroatoms. The van der Waals surface area contributed by atoms with E-state index < -0.39 is 23.2 Å². The highest BCUT2D eigenvalue weighted by molar-refractivity contribution is 6.03. The summed E-state index contributed by atoms with van der Waals surface area (Å²) in [5.74, 6) is -1.21. The number of nitrogens with one attached hydrogen (secondary N) is 2. The maximum Gasteiger partial charge on any atom is 0.274 e. The zero-order chi connectivity index (χ0) is 20.8. The molecular weight excluding hydrogens is 380 g/mol. The lowest BCUT2D eigenvalue weighted by Gasteiger charge is -2.12. The summed E-state index contributed by atoms with van der Waals surface area (Å²) in [4.78, 5) is 16.3. The van der Waals surface area contributed by atoms with E-state index in [1.54, 1.807) is 26.4 Å². The van der Waals surface area contributed by atoms with Gasteiger partial charge in [-0.2, -0.15) is 0 Å². The third-order valence-corrected chi connectivity index (χ3v) is 4.14. The van der Waals surface area contributed by atoms with Gasteiger partial charge in [0, 0.05) is 18.4 Å². The van der Waals surface area contributed by atoms with Gasteiger partial charge in [-0.3, -0.25) is 9.78 Å². The number of amides is 1. The molecular formula is C21H19F2N3O3. The number of nitrogens with zero attached hydrogens (tertiary/aromatic N) is 1. The van der Waals surface area contributed by atoms with Crippen LogP contribution in [-0.2, 0) is 6.54 Å². The van der Waals surface area contributed by atoms with Crippen LogP contribution < -0.4 is 20.1 Å². The normalized spacial score (nSPS) is 10.3. The minimum atomic E-state index is -0.860. The molecule has 3 rings (SSSR count). The van der Waals surface area contributed by atoms with E-state index in [9.17, 15) is 13.6 Å². The van der Waals surface area contributed by atoms with Crippen LogP contribution in [0.4, 0.5) is 20.2 Å². The Kier molecular flexibility index (Phi) is 6.23. The van der Waals surface area contributed by atoms with Crippen molar-refractivity contribution in [3.8, 4) is 11.5 Å². The SMILES string of the molecule is COc1ccc(CNc2ccnc(C(=O)Nc3c(F)cccc3F)c2)cc1OC. The van der Waals surface area contributed by atoms with Crippen LogP contribution in [0.5, 0.6) is 11.5 Å². The minimum absolute atomic E-state index is 0.0185. The van der Waals surface area contributed by atoms with E-state index in [2.05, 4.69) is 15.6 Å². The van der Waals surface area contributed by atoms with Gasteiger partial charge in [0.1, 0.15) is 23.0 Å². The molecule has 2 N–H and O–H groups in total. The fourth-order valence-electron chi connectivity index (χ4n) is 2.65. The summed E-state index contributed by atoms with van der Waals surface area (Å²) in [6, 6.07) is 12.0. The Balaban J connectivity index is 1.70. The zero-order valence-electron chi connectivity index (χ0n) is 15.8. The molecule has 0 radical (unpaired) electrons. The third-order valence-electron chi connectivity index (χ3n) is 4.14. The van der Waals surface area contributed by atoms with E-state index in [4.69, 9.17) is 9.47 Å². The molecule has 0 spiro atoms. The van der Waals surface area contributed by atoms with Crippen molar-refractivity contribution >= 4 is 17.3 Å². The highest BCUT2D eigenvalue weighted by Crippen LogP contribution is 2.28. The molecule has 0 saturated heterocycles. The molecule has 0 aliphatic heterocycles. The number of pyridine rings is 1. The number of hydrogen-bond acceptors (Lipinski definition) is 5. The van der Waals surface area contributed by atoms with Crippen molar-refractivity contribution in [3.05, 3.63) is 77.6 Å². The van der Waals surface area contributed by atoms with E-state index in [-0.39, 0.29) is 5.69 Å². The van der Waals surface area contributed by atoms with Crippen LogP contribution in [0.25, 0.3) is 0 Å². The molecule has 1 aromatic heterocycles. The largest absolute Gasteiger partial charge is 0.493 e. The van der Waals surface area contributed by atoms with Crippen molar-refractivity contribution in [2.45, 2.75) is 6.54 Å². The van der Waals surface area contributed by atoms with Gasteiger partial charge in [0.25, 0.3) is 5.91 Å². The first-order chi connectivity index (χ1) is 14.0. The number of aromatic nitrogens is 1. The Hall–Kier alpha value is -3.68. The van der Waals surface area contributed by atoms with Crippen LogP contribution in [0, 0.1) is 11.6 Å². The fourth-order valence-corrected chi connectivity index (χ4v) is 2.65. The smallest absolute Gasteiger partial charge is 0.274 e. The van der Waals surface area contributed by atoms with Crippen LogP contribution in [-0.4, -0.2) is 25.1 Å². The number of ether oxygens (including phenoxy) is 2. The van der Waals surface area contributed by atoms with Gasteiger partial charge in [0.15, 0.2) is 11.5 Å². The Labute approximate surface area is 166 Å². The number of benzene rings is 2. The molecule has 1 amide bonds. The van der Waals surface area contributed by atoms with Crippen LogP contribution in [0.15, 0.2) is 54.7 Å². The van der Waals surface area contributed by atoms with Crippen LogP contribution >= 0.6 is 0 Å². The summed E-state index contributed by atoms with van der Waals surface area (Å²) in [5.41, 5.74) is 1.06. The standard InChI is InChI=1S/C21H19F2N3O3/c1-28-18-7-6-13(10-19(18)29-2)12-25-14-8-9-24-17(11-14)21(27)26-20-15(22)4-3-5-16(20)23/h3-11H,12H2,1-2H3,(H,24,25)(H,26,27). The third kappa shape index (κ3) is 4.78. The molecule has 3 aromatic rings. The van der Waals surface area contributed by atoms with Crippen LogP contribution in [0.3, 0.4) is 0 Å². The number of anilines is 2. The zero-order valence-corrected chi connectivity index (χ0v) is 15.8. The highest BCUT2D eigenvalue weighted by Gasteiger charge is 2.14. The van der Waals surface area contributed by atoms with Crippen molar-refractivity contribution in [1.29, 1.82) is 0 Å². The number of carbonyl (C=O) groups excluding carboxylic acids is 1. The van der Waals surface area contributed by atoms with E-state index in [0.29, 0.717) is 23.7 Å². The maximum atomic E-state index is 13.7. The lowest BCUT2D eigenvalue weighted by Crippen LogP contribution is -2.16. The second-order valence-corrected chi connectivity index (χ2v) is 6.02. The summed E-state index contributed by atoms with van der Waals surface area (Å²) in [6.45, 7) is 0.452. The topological polar surface area (TPSA) is 72.5 Å². The molecule has 0 saturated carbocycles. The van der Waals surface area contributed by atoms with Crippen molar-refractivity contribution in [1.82, 2.24) is 4.98 Å². The second kappa shape index (κ2) is 9.01. The van der Waals surface area contributed by atoms with Gasteiger partial charge in [0.05, 0.1) is 14.2 Å². The lowest BCUT2D eigenvalue weighted by molar-refractivity contribution is 0.102. The summed E-state index contributed by atoms with van der Waals surface area (Å²) in [7, 11) is 3.12. The summed E-state index contributed by atoms with van der Waals surface area (Å²) >= 11 is 0. The number of rotatable bonds is 7. The number of para-hydroxylation sites is 1. The van der Waals surface area contributed by atoms with Gasteiger partial charge < -0.3 is 20.1 Å². The number of carbonyl (C=O) groups is 1. The molecule has 29 heavy (non-hydrogen) atoms. The van der Waals surface area contributed by atoms with Crippen LogP contribution in [0.1, 0.15) is 16.1 Å². The first-order valence-electron chi connectivity index (χ1n) is 8.68. The highest BCUT2D eigenvalue weighted by atomic mass is 19.1. The van der Waals surface area contributed by atoms with Crippen LogP contribution in [0.2, 0.25) is 0 Å². The summed E-state index contributed by atoms with van der Waals surface area (Å²) in [5, 5.41) is 5.38. The Morgan fingerprint density at radius 1 is 1.00 bits per heavy atom. The number of halogens is 2. The fraction of sp³-hybridized carbons (Fsp3) is 0.143. The second-order valence-electron chi connectivity index (χ2n) is 6.02. The summed E-state index contributed by atoms with van der Waals surface area (Å²) < 4.78 is 37.9. The quantitative estimate of drug-likeness (QED) is 0.622. The van der Waals surface area contributed by atoms with E-state index in [1.165, 1.54) is 18.3 Å². The molecule has 0 atom stereocenters. The molecule has 1 heterocycles. The molecule has 0 aliphatic carbocycles. The molecule has 2 aromatic carbocycles. The van der Waals surface area contributed by atoms with E-state index >= 15 is 0 Å². The van der Waals surface area contributed by atoms with Gasteiger partial charge in [-0.25, -0.2) is 8.78 Å². The monoisotopic (exact) mass is 399 g/mol. The van der Waals surface area contributed by atoms with E-state index in [1.807, 2.05) is 12.1 Å². The van der Waals surface area contributed by atoms with Gasteiger partial charge >= 0.3 is 0 Å². The van der Waals surface area contributed by atoms with Crippen molar-refractivity contribution < 1.29 is 23.0 Å². The van der Waals surface area contributed by atoms with Crippen molar-refractivity contribution in [2.24, 2.45) is 0 Å². The molecule has 6 nitrogen and oxygen atoms in total. The number of hydrogen-bond donors (Lipinski definition) is 2. The maximum absolute atomic E-state index is 13.7. The average Bonchev–Trinajstić information content (AvgIpc) is 2.74. The first kappa shape index (κ1) is 20.1. The van der Waals surface area contributed by atoms with Crippen molar-refractivity contribution in [3.63, 3.8) is 0 Å². The van der Waals surface area contributed by atoms with Gasteiger partial charge in [-0.1, -0.05) is 12.1 Å². The molecule has 0 aliphatic rings. The van der Waals surface area contributed by atoms with Gasteiger partial charge in [-0.05, 0) is 42.0 Å².